The van der Waals surface area contributed by atoms with Gasteiger partial charge in [0.15, 0.2) is 4.34 Å². The summed E-state index contributed by atoms with van der Waals surface area (Å²) in [4.78, 5) is 8.66. The number of nitrogens with two attached hydrogens (primary N) is 1. The summed E-state index contributed by atoms with van der Waals surface area (Å²) in [5.74, 6) is 7.00. The lowest BCUT2D eigenvalue weighted by molar-refractivity contribution is 1.19. The van der Waals surface area contributed by atoms with Crippen LogP contribution in [-0.4, -0.2) is 14.3 Å². The minimum absolute atomic E-state index is 0.704. The monoisotopic (exact) mass is 289 g/mol. The van der Waals surface area contributed by atoms with Crippen molar-refractivity contribution in [1.29, 1.82) is 0 Å². The van der Waals surface area contributed by atoms with Gasteiger partial charge in [-0.05, 0) is 23.7 Å². The van der Waals surface area contributed by atoms with Gasteiger partial charge in [0.2, 0.25) is 0 Å². The summed E-state index contributed by atoms with van der Waals surface area (Å²) in [6.45, 7) is 0. The third-order valence-electron chi connectivity index (χ3n) is 2.63. The number of nitrogens with one attached hydrogen (secondary N) is 1. The number of hydrogen-bond acceptors (Lipinski definition) is 7. The average molecular weight is 289 g/mol. The highest BCUT2D eigenvalue weighted by molar-refractivity contribution is 8.00. The average Bonchev–Trinajstić information content (AvgIpc) is 2.97. The molecule has 2 aromatic heterocycles. The van der Waals surface area contributed by atoms with Crippen LogP contribution in [0.1, 0.15) is 5.56 Å². The molecule has 0 bridgehead atoms. The van der Waals surface area contributed by atoms with Crippen LogP contribution in [0.5, 0.6) is 0 Å². The van der Waals surface area contributed by atoms with E-state index >= 15 is 0 Å². The van der Waals surface area contributed by atoms with Crippen molar-refractivity contribution in [3.8, 4) is 0 Å². The quantitative estimate of drug-likeness (QED) is 0.437. The number of hydrogen-bond donors (Lipinski definition) is 2. The third-order valence-corrected chi connectivity index (χ3v) is 4.48. The zero-order chi connectivity index (χ0) is 13.1. The second-order valence-electron chi connectivity index (χ2n) is 3.83. The molecule has 0 saturated heterocycles. The minimum atomic E-state index is 0.704. The van der Waals surface area contributed by atoms with Gasteiger partial charge < -0.3 is 5.43 Å². The first-order valence-electron chi connectivity index (χ1n) is 5.61. The van der Waals surface area contributed by atoms with E-state index < -0.39 is 0 Å². The largest absolute Gasteiger partial charge is 0.308 e. The molecule has 3 aromatic rings. The first-order valence-corrected chi connectivity index (χ1v) is 7.37. The van der Waals surface area contributed by atoms with Crippen molar-refractivity contribution < 1.29 is 0 Å². The van der Waals surface area contributed by atoms with Gasteiger partial charge in [-0.15, -0.1) is 0 Å². The predicted octanol–water partition coefficient (Wildman–Crippen LogP) is 2.66. The Hall–Kier alpha value is -1.70. The fourth-order valence-corrected chi connectivity index (χ4v) is 3.18. The molecular formula is C12H11N5S2. The van der Waals surface area contributed by atoms with Gasteiger partial charge in [0, 0.05) is 16.7 Å². The van der Waals surface area contributed by atoms with E-state index in [9.17, 15) is 0 Å². The summed E-state index contributed by atoms with van der Waals surface area (Å²) in [6.07, 6.45) is 1.56. The molecule has 3 rings (SSSR count). The number of fused-ring (bicyclic) bond motifs is 1. The molecule has 0 fully saturated rings. The maximum Gasteiger partial charge on any atom is 0.170 e. The Labute approximate surface area is 118 Å². The number of pyridine rings is 1. The molecular weight excluding hydrogens is 278 g/mol. The number of rotatable bonds is 4. The minimum Gasteiger partial charge on any atom is -0.308 e. The van der Waals surface area contributed by atoms with Crippen LogP contribution in [-0.2, 0) is 5.75 Å². The molecule has 0 radical (unpaired) electrons. The number of aromatic nitrogens is 3. The first kappa shape index (κ1) is 12.3. The number of nitrogens with zero attached hydrogens (tertiary/aromatic N) is 3. The third kappa shape index (κ3) is 2.67. The summed E-state index contributed by atoms with van der Waals surface area (Å²) in [6, 6.07) is 10.1. The van der Waals surface area contributed by atoms with Gasteiger partial charge in [0.1, 0.15) is 12.1 Å². The molecule has 0 saturated carbocycles. The number of anilines is 1. The van der Waals surface area contributed by atoms with E-state index in [-0.39, 0.29) is 0 Å². The van der Waals surface area contributed by atoms with Crippen LogP contribution in [0.15, 0.2) is 41.0 Å². The zero-order valence-corrected chi connectivity index (χ0v) is 11.5. The summed E-state index contributed by atoms with van der Waals surface area (Å²) in [7, 11) is 0. The van der Waals surface area contributed by atoms with Crippen molar-refractivity contribution >= 4 is 40.0 Å². The van der Waals surface area contributed by atoms with Crippen molar-refractivity contribution in [2.75, 3.05) is 5.43 Å². The van der Waals surface area contributed by atoms with Crippen LogP contribution < -0.4 is 11.3 Å². The summed E-state index contributed by atoms with van der Waals surface area (Å²) in [5, 5.41) is 1.11. The van der Waals surface area contributed by atoms with Gasteiger partial charge in [-0.1, -0.05) is 30.0 Å². The molecule has 1 aromatic carbocycles. The van der Waals surface area contributed by atoms with Gasteiger partial charge in [-0.3, -0.25) is 0 Å². The van der Waals surface area contributed by atoms with Crippen LogP contribution in [0.3, 0.4) is 0 Å². The van der Waals surface area contributed by atoms with Crippen LogP contribution in [0, 0.1) is 0 Å². The lowest BCUT2D eigenvalue weighted by atomic mass is 10.1. The number of hydrazine groups is 1. The van der Waals surface area contributed by atoms with E-state index in [4.69, 9.17) is 5.84 Å². The maximum atomic E-state index is 5.54. The fourth-order valence-electron chi connectivity index (χ4n) is 1.76. The summed E-state index contributed by atoms with van der Waals surface area (Å²) < 4.78 is 4.92. The highest BCUT2D eigenvalue weighted by Crippen LogP contribution is 2.28. The van der Waals surface area contributed by atoms with Crippen LogP contribution in [0.25, 0.3) is 10.9 Å². The Balaban J connectivity index is 1.92. The maximum absolute atomic E-state index is 5.54. The number of benzene rings is 1. The molecule has 19 heavy (non-hydrogen) atoms. The molecule has 7 heteroatoms. The first-order chi connectivity index (χ1) is 9.36. The smallest absolute Gasteiger partial charge is 0.170 e. The Morgan fingerprint density at radius 2 is 2.21 bits per heavy atom. The molecule has 0 aliphatic carbocycles. The van der Waals surface area contributed by atoms with Crippen molar-refractivity contribution in [2.45, 2.75) is 10.1 Å². The molecule has 0 aliphatic rings. The predicted molar refractivity (Wildman–Crippen MR) is 79.0 cm³/mol. The highest BCUT2D eigenvalue weighted by atomic mass is 32.2. The number of para-hydroxylation sites is 1. The van der Waals surface area contributed by atoms with Gasteiger partial charge in [0.05, 0.1) is 5.52 Å². The summed E-state index contributed by atoms with van der Waals surface area (Å²) >= 11 is 3.02. The fraction of sp³-hybridized carbons (Fsp3) is 0.0833. The molecule has 0 aliphatic heterocycles. The molecule has 0 unspecified atom stereocenters. The van der Waals surface area contributed by atoms with E-state index in [1.54, 1.807) is 18.1 Å². The molecule has 96 valence electrons. The van der Waals surface area contributed by atoms with Gasteiger partial charge >= 0.3 is 0 Å². The number of thioether (sulfide) groups is 1. The van der Waals surface area contributed by atoms with Crippen LogP contribution >= 0.6 is 23.3 Å². The van der Waals surface area contributed by atoms with Crippen molar-refractivity contribution in [3.63, 3.8) is 0 Å². The SMILES string of the molecule is NNc1nc2ccccc2cc1CSc1ncns1. The zero-order valence-electron chi connectivity index (χ0n) is 9.91. The topological polar surface area (TPSA) is 76.7 Å². The van der Waals surface area contributed by atoms with Crippen molar-refractivity contribution in [3.05, 3.63) is 42.2 Å². The van der Waals surface area contributed by atoms with E-state index in [0.717, 1.165) is 26.6 Å². The van der Waals surface area contributed by atoms with Gasteiger partial charge in [0.25, 0.3) is 0 Å². The Morgan fingerprint density at radius 3 is 3.00 bits per heavy atom. The van der Waals surface area contributed by atoms with Gasteiger partial charge in [-0.25, -0.2) is 15.8 Å². The van der Waals surface area contributed by atoms with Gasteiger partial charge in [-0.2, -0.15) is 4.37 Å². The Morgan fingerprint density at radius 1 is 1.32 bits per heavy atom. The van der Waals surface area contributed by atoms with E-state index in [0.29, 0.717) is 5.82 Å². The Bertz CT molecular complexity index is 684. The molecule has 0 amide bonds. The normalized spacial score (nSPS) is 10.8. The molecule has 0 spiro atoms. The van der Waals surface area contributed by atoms with E-state index in [2.05, 4.69) is 25.8 Å². The van der Waals surface area contributed by atoms with Crippen molar-refractivity contribution in [2.24, 2.45) is 5.84 Å². The van der Waals surface area contributed by atoms with Crippen molar-refractivity contribution in [1.82, 2.24) is 14.3 Å². The molecule has 5 nitrogen and oxygen atoms in total. The Kier molecular flexibility index (Phi) is 3.58. The van der Waals surface area contributed by atoms with E-state index in [1.807, 2.05) is 24.3 Å². The molecule has 0 atom stereocenters. The second kappa shape index (κ2) is 5.52. The van der Waals surface area contributed by atoms with Crippen LogP contribution in [0.2, 0.25) is 0 Å². The lowest BCUT2D eigenvalue weighted by Crippen LogP contribution is -2.11. The second-order valence-corrected chi connectivity index (χ2v) is 5.83. The van der Waals surface area contributed by atoms with Crippen LogP contribution in [0.4, 0.5) is 5.82 Å². The standard InChI is InChI=1S/C12H11N5S2/c13-17-11-9(6-18-12-14-7-15-19-12)5-8-3-1-2-4-10(8)16-11/h1-5,7H,6,13H2,(H,16,17). The summed E-state index contributed by atoms with van der Waals surface area (Å²) in [5.41, 5.74) is 4.65. The number of nitrogen functional groups attached to an aromatic ring is 1. The van der Waals surface area contributed by atoms with E-state index in [1.165, 1.54) is 11.5 Å². The molecule has 2 heterocycles. The molecule has 3 N–H and O–H groups in total. The lowest BCUT2D eigenvalue weighted by Gasteiger charge is -2.08. The highest BCUT2D eigenvalue weighted by Gasteiger charge is 2.07.